The van der Waals surface area contributed by atoms with E-state index in [1.165, 1.54) is 0 Å². The van der Waals surface area contributed by atoms with Crippen molar-refractivity contribution < 1.29 is 9.59 Å². The molecule has 1 aromatic rings. The van der Waals surface area contributed by atoms with E-state index in [1.54, 1.807) is 6.20 Å². The summed E-state index contributed by atoms with van der Waals surface area (Å²) >= 11 is 0. The lowest BCUT2D eigenvalue weighted by Gasteiger charge is -2.26. The largest absolute Gasteiger partial charge is 0.356 e. The van der Waals surface area contributed by atoms with Crippen molar-refractivity contribution in [3.63, 3.8) is 0 Å². The number of amides is 1. The Morgan fingerprint density at radius 3 is 2.76 bits per heavy atom. The van der Waals surface area contributed by atoms with Gasteiger partial charge in [0, 0.05) is 43.2 Å². The minimum absolute atomic E-state index is 0.0390. The second-order valence-corrected chi connectivity index (χ2v) is 6.62. The van der Waals surface area contributed by atoms with Gasteiger partial charge in [-0.1, -0.05) is 6.92 Å². The highest BCUT2D eigenvalue weighted by atomic mass is 16.2. The van der Waals surface area contributed by atoms with Crippen molar-refractivity contribution in [2.75, 3.05) is 6.54 Å². The maximum absolute atomic E-state index is 12.3. The van der Waals surface area contributed by atoms with E-state index in [9.17, 15) is 9.59 Å². The van der Waals surface area contributed by atoms with E-state index in [0.29, 0.717) is 18.2 Å². The zero-order valence-electron chi connectivity index (χ0n) is 12.5. The first kappa shape index (κ1) is 14.3. The van der Waals surface area contributed by atoms with Crippen molar-refractivity contribution in [1.29, 1.82) is 0 Å². The summed E-state index contributed by atoms with van der Waals surface area (Å²) in [6, 6.07) is 1.90. The number of ketones is 1. The van der Waals surface area contributed by atoms with Gasteiger partial charge in [-0.15, -0.1) is 0 Å². The Hall–Kier alpha value is -1.65. The molecule has 114 valence electrons. The van der Waals surface area contributed by atoms with Crippen LogP contribution in [0.5, 0.6) is 0 Å². The molecule has 0 radical (unpaired) electrons. The van der Waals surface area contributed by atoms with Crippen LogP contribution in [0.3, 0.4) is 0 Å². The number of fused-ring (bicyclic) bond motifs is 2. The van der Waals surface area contributed by atoms with E-state index < -0.39 is 0 Å². The second kappa shape index (κ2) is 6.00. The third kappa shape index (κ3) is 3.17. The molecule has 2 fully saturated rings. The predicted octanol–water partition coefficient (Wildman–Crippen LogP) is 1.64. The fourth-order valence-corrected chi connectivity index (χ4v) is 3.70. The minimum atomic E-state index is 0.0390. The number of nitrogens with one attached hydrogen (secondary N) is 1. The lowest BCUT2D eigenvalue weighted by Crippen LogP contribution is -2.39. The molecule has 3 atom stereocenters. The summed E-state index contributed by atoms with van der Waals surface area (Å²) in [5.74, 6) is 1.23. The van der Waals surface area contributed by atoms with E-state index in [2.05, 4.69) is 17.3 Å². The molecule has 21 heavy (non-hydrogen) atoms. The fraction of sp³-hybridized carbons (Fsp3) is 0.688. The Bertz CT molecular complexity index is 496. The third-order valence-electron chi connectivity index (χ3n) is 4.86. The number of carbonyl (C=O) groups is 2. The second-order valence-electron chi connectivity index (χ2n) is 6.62. The summed E-state index contributed by atoms with van der Waals surface area (Å²) in [5.41, 5.74) is 0. The van der Waals surface area contributed by atoms with Gasteiger partial charge in [0.2, 0.25) is 5.91 Å². The quantitative estimate of drug-likeness (QED) is 0.896. The van der Waals surface area contributed by atoms with Crippen LogP contribution in [0.25, 0.3) is 0 Å². The van der Waals surface area contributed by atoms with Crippen molar-refractivity contribution in [3.8, 4) is 0 Å². The summed E-state index contributed by atoms with van der Waals surface area (Å²) in [6.45, 7) is 3.58. The number of hydrogen-bond donors (Lipinski definition) is 1. The molecule has 1 aromatic heterocycles. The molecule has 2 aliphatic carbocycles. The van der Waals surface area contributed by atoms with Gasteiger partial charge in [0.15, 0.2) is 0 Å². The molecule has 0 spiro atoms. The molecule has 2 bridgehead atoms. The Morgan fingerprint density at radius 2 is 2.14 bits per heavy atom. The van der Waals surface area contributed by atoms with Crippen LogP contribution in [-0.2, 0) is 16.1 Å². The molecule has 3 rings (SSSR count). The van der Waals surface area contributed by atoms with Gasteiger partial charge in [0.05, 0.1) is 0 Å². The van der Waals surface area contributed by atoms with Gasteiger partial charge in [-0.3, -0.25) is 14.3 Å². The Kier molecular flexibility index (Phi) is 4.08. The molecule has 5 nitrogen and oxygen atoms in total. The Balaban J connectivity index is 1.45. The molecule has 0 aromatic carbocycles. The highest BCUT2D eigenvalue weighted by Crippen LogP contribution is 2.41. The molecule has 5 heteroatoms. The maximum atomic E-state index is 12.3. The van der Waals surface area contributed by atoms with Crippen LogP contribution in [0.2, 0.25) is 0 Å². The van der Waals surface area contributed by atoms with Crippen molar-refractivity contribution in [1.82, 2.24) is 15.1 Å². The van der Waals surface area contributed by atoms with Crippen LogP contribution in [-0.4, -0.2) is 28.0 Å². The first-order valence-electron chi connectivity index (χ1n) is 7.92. The smallest absolute Gasteiger partial charge is 0.223 e. The zero-order valence-corrected chi connectivity index (χ0v) is 12.5. The van der Waals surface area contributed by atoms with Gasteiger partial charge >= 0.3 is 0 Å². The van der Waals surface area contributed by atoms with Crippen LogP contribution in [0, 0.1) is 23.7 Å². The van der Waals surface area contributed by atoms with E-state index in [-0.39, 0.29) is 23.7 Å². The lowest BCUT2D eigenvalue weighted by atomic mass is 9.79. The number of aromatic nitrogens is 2. The monoisotopic (exact) mass is 289 g/mol. The number of nitrogens with zero attached hydrogens (tertiary/aromatic N) is 2. The van der Waals surface area contributed by atoms with E-state index in [1.807, 2.05) is 16.9 Å². The molecule has 3 unspecified atom stereocenters. The first-order chi connectivity index (χ1) is 10.1. The zero-order chi connectivity index (χ0) is 14.8. The number of Topliss-reactive ketones (excluding diaryl/α,β-unsaturated/α-hetero) is 1. The van der Waals surface area contributed by atoms with Crippen molar-refractivity contribution in [2.24, 2.45) is 23.7 Å². The van der Waals surface area contributed by atoms with Gasteiger partial charge in [-0.2, -0.15) is 5.10 Å². The maximum Gasteiger partial charge on any atom is 0.223 e. The van der Waals surface area contributed by atoms with E-state index in [4.69, 9.17) is 0 Å². The van der Waals surface area contributed by atoms with Gasteiger partial charge < -0.3 is 5.32 Å². The molecular weight excluding hydrogens is 266 g/mol. The van der Waals surface area contributed by atoms with Crippen LogP contribution in [0.4, 0.5) is 0 Å². The van der Waals surface area contributed by atoms with Gasteiger partial charge in [0.1, 0.15) is 5.78 Å². The van der Waals surface area contributed by atoms with E-state index in [0.717, 1.165) is 32.2 Å². The van der Waals surface area contributed by atoms with E-state index >= 15 is 0 Å². The Morgan fingerprint density at radius 1 is 1.43 bits per heavy atom. The molecule has 1 amide bonds. The molecule has 0 saturated heterocycles. The third-order valence-corrected chi connectivity index (χ3v) is 4.86. The van der Waals surface area contributed by atoms with Gasteiger partial charge in [0.25, 0.3) is 0 Å². The fourth-order valence-electron chi connectivity index (χ4n) is 3.70. The predicted molar refractivity (Wildman–Crippen MR) is 78.3 cm³/mol. The number of hydrogen-bond acceptors (Lipinski definition) is 3. The standard InChI is InChI=1S/C16H23N3O2/c1-11(10-19-6-2-5-18-19)9-17-16(21)14-7-12-3-4-13(8-14)15(12)20/h2,5-6,11-14H,3-4,7-10H2,1H3,(H,17,21). The lowest BCUT2D eigenvalue weighted by molar-refractivity contribution is -0.132. The highest BCUT2D eigenvalue weighted by molar-refractivity contribution is 5.89. The highest BCUT2D eigenvalue weighted by Gasteiger charge is 2.43. The molecule has 1 N–H and O–H groups in total. The van der Waals surface area contributed by atoms with Crippen LogP contribution < -0.4 is 5.32 Å². The van der Waals surface area contributed by atoms with Crippen LogP contribution in [0.1, 0.15) is 32.6 Å². The average Bonchev–Trinajstić information content (AvgIpc) is 3.01. The summed E-state index contributed by atoms with van der Waals surface area (Å²) in [5, 5.41) is 7.23. The van der Waals surface area contributed by atoms with Gasteiger partial charge in [-0.25, -0.2) is 0 Å². The molecule has 0 aliphatic heterocycles. The van der Waals surface area contributed by atoms with Crippen molar-refractivity contribution in [2.45, 2.75) is 39.2 Å². The summed E-state index contributed by atoms with van der Waals surface area (Å²) < 4.78 is 1.89. The first-order valence-corrected chi connectivity index (χ1v) is 7.92. The molecule has 1 heterocycles. The topological polar surface area (TPSA) is 64.0 Å². The Labute approximate surface area is 125 Å². The molecule has 2 saturated carbocycles. The van der Waals surface area contributed by atoms with Crippen LogP contribution in [0.15, 0.2) is 18.5 Å². The molecular formula is C16H23N3O2. The van der Waals surface area contributed by atoms with Crippen molar-refractivity contribution >= 4 is 11.7 Å². The van der Waals surface area contributed by atoms with Crippen LogP contribution >= 0.6 is 0 Å². The van der Waals surface area contributed by atoms with Crippen molar-refractivity contribution in [3.05, 3.63) is 18.5 Å². The normalized spacial score (nSPS) is 29.4. The van der Waals surface area contributed by atoms with Gasteiger partial charge in [-0.05, 0) is 37.7 Å². The SMILES string of the molecule is CC(CNC(=O)C1CC2CCC(C1)C2=O)Cn1cccn1. The summed E-state index contributed by atoms with van der Waals surface area (Å²) in [6.07, 6.45) is 7.19. The summed E-state index contributed by atoms with van der Waals surface area (Å²) in [7, 11) is 0. The minimum Gasteiger partial charge on any atom is -0.356 e. The number of carbonyl (C=O) groups excluding carboxylic acids is 2. The summed E-state index contributed by atoms with van der Waals surface area (Å²) in [4.78, 5) is 24.1. The number of rotatable bonds is 5. The average molecular weight is 289 g/mol. The molecule has 2 aliphatic rings.